The molecule has 1 aromatic heterocycles. The Hall–Kier alpha value is -3.73. The summed E-state index contributed by atoms with van der Waals surface area (Å²) in [6.07, 6.45) is 3.62. The van der Waals surface area contributed by atoms with Crippen LogP contribution in [0.25, 0.3) is 0 Å². The predicted octanol–water partition coefficient (Wildman–Crippen LogP) is -0.261. The van der Waals surface area contributed by atoms with E-state index in [9.17, 15) is 24.3 Å². The number of H-pyrrole nitrogens is 1. The Morgan fingerprint density at radius 1 is 1.03 bits per heavy atom. The molecule has 2 rings (SSSR count). The van der Waals surface area contributed by atoms with Crippen molar-refractivity contribution < 1.29 is 24.3 Å². The van der Waals surface area contributed by atoms with Crippen LogP contribution in [0.5, 0.6) is 0 Å². The Labute approximate surface area is 197 Å². The highest BCUT2D eigenvalue weighted by Gasteiger charge is 2.31. The number of nitrogens with one attached hydrogen (secondary N) is 4. The first-order valence-electron chi connectivity index (χ1n) is 11.1. The lowest BCUT2D eigenvalue weighted by atomic mass is 9.97. The first-order valence-corrected chi connectivity index (χ1v) is 11.1. The molecule has 0 aliphatic rings. The number of aromatic amines is 1. The normalized spacial score (nSPS) is 14.3. The van der Waals surface area contributed by atoms with E-state index < -0.39 is 41.8 Å². The molecule has 1 aromatic carbocycles. The van der Waals surface area contributed by atoms with Gasteiger partial charge in [0.25, 0.3) is 0 Å². The molecule has 0 aliphatic carbocycles. The summed E-state index contributed by atoms with van der Waals surface area (Å²) in [5, 5.41) is 17.4. The molecule has 184 valence electrons. The minimum absolute atomic E-state index is 0.00483. The van der Waals surface area contributed by atoms with Gasteiger partial charge in [0.2, 0.25) is 17.7 Å². The van der Waals surface area contributed by atoms with Gasteiger partial charge in [-0.2, -0.15) is 0 Å². The molecular weight excluding hydrogens is 440 g/mol. The molecule has 4 atom stereocenters. The molecule has 0 aliphatic heterocycles. The average molecular weight is 473 g/mol. The fourth-order valence-electron chi connectivity index (χ4n) is 3.34. The third kappa shape index (κ3) is 8.00. The number of carboxylic acid groups (broad SMARTS) is 1. The van der Waals surface area contributed by atoms with Crippen molar-refractivity contribution in [3.05, 3.63) is 54.1 Å². The topological polar surface area (TPSA) is 179 Å². The maximum atomic E-state index is 13.1. The number of nitrogens with zero attached hydrogens (tertiary/aromatic N) is 1. The predicted molar refractivity (Wildman–Crippen MR) is 124 cm³/mol. The van der Waals surface area contributed by atoms with E-state index >= 15 is 0 Å². The number of carbonyl (C=O) groups is 4. The van der Waals surface area contributed by atoms with Gasteiger partial charge >= 0.3 is 5.97 Å². The Bertz CT molecular complexity index is 950. The van der Waals surface area contributed by atoms with E-state index in [1.54, 1.807) is 31.2 Å². The summed E-state index contributed by atoms with van der Waals surface area (Å²) in [6, 6.07) is 5.82. The number of hydrogen-bond acceptors (Lipinski definition) is 6. The van der Waals surface area contributed by atoms with Gasteiger partial charge in [-0.1, -0.05) is 50.6 Å². The largest absolute Gasteiger partial charge is 0.480 e. The molecule has 1 heterocycles. The Kier molecular flexibility index (Phi) is 10.2. The summed E-state index contributed by atoms with van der Waals surface area (Å²) < 4.78 is 0. The second-order valence-electron chi connectivity index (χ2n) is 8.07. The summed E-state index contributed by atoms with van der Waals surface area (Å²) in [5.41, 5.74) is 6.69. The molecule has 0 saturated heterocycles. The molecule has 2 aromatic rings. The van der Waals surface area contributed by atoms with Crippen LogP contribution >= 0.6 is 0 Å². The maximum absolute atomic E-state index is 13.1. The van der Waals surface area contributed by atoms with E-state index in [1.807, 2.05) is 13.0 Å². The summed E-state index contributed by atoms with van der Waals surface area (Å²) >= 11 is 0. The lowest BCUT2D eigenvalue weighted by Gasteiger charge is -2.27. The van der Waals surface area contributed by atoms with E-state index in [0.29, 0.717) is 12.1 Å². The van der Waals surface area contributed by atoms with Crippen molar-refractivity contribution in [1.82, 2.24) is 25.9 Å². The average Bonchev–Trinajstić information content (AvgIpc) is 3.34. The smallest absolute Gasteiger partial charge is 0.326 e. The minimum atomic E-state index is -1.23. The van der Waals surface area contributed by atoms with E-state index in [4.69, 9.17) is 5.73 Å². The van der Waals surface area contributed by atoms with Crippen LogP contribution in [0.4, 0.5) is 0 Å². The minimum Gasteiger partial charge on any atom is -0.480 e. The molecule has 0 saturated carbocycles. The fourth-order valence-corrected chi connectivity index (χ4v) is 3.34. The van der Waals surface area contributed by atoms with Crippen molar-refractivity contribution in [2.75, 3.05) is 6.54 Å². The Morgan fingerprint density at radius 2 is 1.71 bits per heavy atom. The van der Waals surface area contributed by atoms with E-state index in [2.05, 4.69) is 25.9 Å². The molecule has 11 heteroatoms. The number of amides is 3. The molecule has 0 radical (unpaired) electrons. The SMILES string of the molecule is CCC(C)C(NC(=O)CN)C(=O)NC(Cc1ccccc1)C(=O)NC(Cc1cnc[nH]1)C(=O)O. The summed E-state index contributed by atoms with van der Waals surface area (Å²) in [6.45, 7) is 3.40. The summed E-state index contributed by atoms with van der Waals surface area (Å²) in [5.74, 6) is -3.14. The van der Waals surface area contributed by atoms with Crippen molar-refractivity contribution >= 4 is 23.7 Å². The van der Waals surface area contributed by atoms with Crippen LogP contribution in [0.2, 0.25) is 0 Å². The zero-order valence-corrected chi connectivity index (χ0v) is 19.3. The van der Waals surface area contributed by atoms with Crippen LogP contribution in [0.1, 0.15) is 31.5 Å². The molecule has 11 nitrogen and oxygen atoms in total. The van der Waals surface area contributed by atoms with Gasteiger partial charge in [0.15, 0.2) is 0 Å². The quantitative estimate of drug-likeness (QED) is 0.232. The highest BCUT2D eigenvalue weighted by atomic mass is 16.4. The maximum Gasteiger partial charge on any atom is 0.326 e. The van der Waals surface area contributed by atoms with Gasteiger partial charge in [-0.15, -0.1) is 0 Å². The number of imidazole rings is 1. The van der Waals surface area contributed by atoms with Crippen molar-refractivity contribution in [1.29, 1.82) is 0 Å². The van der Waals surface area contributed by atoms with E-state index in [0.717, 1.165) is 5.56 Å². The number of aromatic nitrogens is 2. The van der Waals surface area contributed by atoms with Gasteiger partial charge in [0, 0.05) is 24.7 Å². The number of rotatable bonds is 13. The number of benzene rings is 1. The Morgan fingerprint density at radius 3 is 2.26 bits per heavy atom. The zero-order chi connectivity index (χ0) is 25.1. The lowest BCUT2D eigenvalue weighted by Crippen LogP contribution is -2.58. The molecular formula is C23H32N6O5. The summed E-state index contributed by atoms with van der Waals surface area (Å²) in [4.78, 5) is 56.5. The monoisotopic (exact) mass is 472 g/mol. The molecule has 0 bridgehead atoms. The second kappa shape index (κ2) is 13.1. The number of carboxylic acids is 1. The standard InChI is InChI=1S/C23H32N6O5/c1-3-14(2)20(29-19(30)11-24)22(32)27-17(9-15-7-5-4-6-8-15)21(31)28-18(23(33)34)10-16-12-25-13-26-16/h4-8,12-14,17-18,20H,3,9-11,24H2,1-2H3,(H,25,26)(H,27,32)(H,28,31)(H,29,30)(H,33,34). The third-order valence-electron chi connectivity index (χ3n) is 5.51. The molecule has 0 spiro atoms. The Balaban J connectivity index is 2.23. The van der Waals surface area contributed by atoms with Gasteiger partial charge in [-0.25, -0.2) is 9.78 Å². The molecule has 34 heavy (non-hydrogen) atoms. The van der Waals surface area contributed by atoms with Crippen LogP contribution in [0.15, 0.2) is 42.9 Å². The van der Waals surface area contributed by atoms with Crippen LogP contribution < -0.4 is 21.7 Å². The van der Waals surface area contributed by atoms with Crippen LogP contribution in [-0.2, 0) is 32.0 Å². The number of nitrogens with two attached hydrogens (primary N) is 1. The number of carbonyl (C=O) groups excluding carboxylic acids is 3. The molecule has 0 fully saturated rings. The van der Waals surface area contributed by atoms with E-state index in [-0.39, 0.29) is 25.3 Å². The highest BCUT2D eigenvalue weighted by Crippen LogP contribution is 2.10. The van der Waals surface area contributed by atoms with Crippen molar-refractivity contribution in [2.45, 2.75) is 51.2 Å². The molecule has 7 N–H and O–H groups in total. The van der Waals surface area contributed by atoms with Crippen LogP contribution in [0, 0.1) is 5.92 Å². The third-order valence-corrected chi connectivity index (χ3v) is 5.51. The van der Waals surface area contributed by atoms with Crippen molar-refractivity contribution in [3.63, 3.8) is 0 Å². The van der Waals surface area contributed by atoms with Crippen molar-refractivity contribution in [2.24, 2.45) is 11.7 Å². The van der Waals surface area contributed by atoms with Gasteiger partial charge in [-0.3, -0.25) is 14.4 Å². The second-order valence-corrected chi connectivity index (χ2v) is 8.07. The number of aliphatic carboxylic acids is 1. The molecule has 4 unspecified atom stereocenters. The lowest BCUT2D eigenvalue weighted by molar-refractivity contribution is -0.142. The van der Waals surface area contributed by atoms with Crippen LogP contribution in [-0.4, -0.2) is 63.4 Å². The van der Waals surface area contributed by atoms with Crippen molar-refractivity contribution in [3.8, 4) is 0 Å². The number of hydrogen-bond donors (Lipinski definition) is 6. The van der Waals surface area contributed by atoms with E-state index in [1.165, 1.54) is 12.5 Å². The molecule has 3 amide bonds. The highest BCUT2D eigenvalue weighted by molar-refractivity contribution is 5.94. The van der Waals surface area contributed by atoms with Gasteiger partial charge in [0.1, 0.15) is 18.1 Å². The van der Waals surface area contributed by atoms with Gasteiger partial charge in [-0.05, 0) is 11.5 Å². The van der Waals surface area contributed by atoms with Crippen LogP contribution in [0.3, 0.4) is 0 Å². The summed E-state index contributed by atoms with van der Waals surface area (Å²) in [7, 11) is 0. The van der Waals surface area contributed by atoms with Gasteiger partial charge in [0.05, 0.1) is 12.9 Å². The first-order chi connectivity index (χ1) is 16.2. The first kappa shape index (κ1) is 26.5. The zero-order valence-electron chi connectivity index (χ0n) is 19.3. The fraction of sp³-hybridized carbons (Fsp3) is 0.435. The van der Waals surface area contributed by atoms with Gasteiger partial charge < -0.3 is 31.8 Å².